The van der Waals surface area contributed by atoms with Crippen LogP contribution in [0, 0.1) is 20.8 Å². The van der Waals surface area contributed by atoms with Crippen molar-refractivity contribution in [2.24, 2.45) is 0 Å². The summed E-state index contributed by atoms with van der Waals surface area (Å²) >= 11 is 0. The number of carbonyl (C=O) groups excluding carboxylic acids is 1. The van der Waals surface area contributed by atoms with Crippen LogP contribution >= 0.6 is 0 Å². The van der Waals surface area contributed by atoms with E-state index in [4.69, 9.17) is 19.1 Å². The molecule has 8 heteroatoms. The van der Waals surface area contributed by atoms with E-state index in [9.17, 15) is 9.90 Å². The van der Waals surface area contributed by atoms with Crippen molar-refractivity contribution >= 4 is 11.5 Å². The van der Waals surface area contributed by atoms with Crippen molar-refractivity contribution in [3.63, 3.8) is 0 Å². The molecule has 1 aromatic rings. The van der Waals surface area contributed by atoms with Gasteiger partial charge in [-0.25, -0.2) is 5.06 Å². The lowest BCUT2D eigenvalue weighted by Crippen LogP contribution is -2.55. The van der Waals surface area contributed by atoms with E-state index >= 15 is 0 Å². The lowest BCUT2D eigenvalue weighted by Gasteiger charge is -2.42. The molecule has 33 heavy (non-hydrogen) atoms. The first-order valence-electron chi connectivity index (χ1n) is 11.9. The maximum absolute atomic E-state index is 13.7. The normalized spacial score (nSPS) is 23.7. The first kappa shape index (κ1) is 24.2. The second kappa shape index (κ2) is 10.1. The van der Waals surface area contributed by atoms with Gasteiger partial charge in [-0.05, 0) is 69.6 Å². The fourth-order valence-electron chi connectivity index (χ4n) is 5.34. The SMILES string of the molecule is CON1CCC2(CC1)C(O)=C(c1c(C)cc(C)cc1C)C(=O)N2OCCOC1CCCCO1. The summed E-state index contributed by atoms with van der Waals surface area (Å²) in [5.74, 6) is -0.211. The predicted octanol–water partition coefficient (Wildman–Crippen LogP) is 3.59. The fourth-order valence-corrected chi connectivity index (χ4v) is 5.34. The van der Waals surface area contributed by atoms with Gasteiger partial charge in [0.1, 0.15) is 11.3 Å². The van der Waals surface area contributed by atoms with Gasteiger partial charge in [-0.15, -0.1) is 0 Å². The standard InChI is InChI=1S/C25H36N2O6/c1-17-15-18(2)21(19(3)16-17)22-23(28)25(8-10-26(30-4)11-9-25)27(24(22)29)33-14-13-32-20-7-5-6-12-31-20/h15-16,20,28H,5-14H2,1-4H3. The number of carbonyl (C=O) groups is 1. The minimum Gasteiger partial charge on any atom is -0.509 e. The van der Waals surface area contributed by atoms with Gasteiger partial charge in [0.15, 0.2) is 6.29 Å². The largest absolute Gasteiger partial charge is 0.509 e. The Balaban J connectivity index is 1.57. The number of nitrogens with zero attached hydrogens (tertiary/aromatic N) is 2. The van der Waals surface area contributed by atoms with E-state index < -0.39 is 5.54 Å². The molecule has 3 heterocycles. The van der Waals surface area contributed by atoms with E-state index in [1.807, 2.05) is 38.0 Å². The van der Waals surface area contributed by atoms with Crippen LogP contribution in [0.5, 0.6) is 0 Å². The van der Waals surface area contributed by atoms with Crippen molar-refractivity contribution in [3.8, 4) is 0 Å². The van der Waals surface area contributed by atoms with Crippen LogP contribution in [-0.4, -0.2) is 73.0 Å². The summed E-state index contributed by atoms with van der Waals surface area (Å²) in [5, 5.41) is 14.8. The van der Waals surface area contributed by atoms with Crippen molar-refractivity contribution in [1.29, 1.82) is 0 Å². The summed E-state index contributed by atoms with van der Waals surface area (Å²) < 4.78 is 11.4. The van der Waals surface area contributed by atoms with Gasteiger partial charge in [0, 0.05) is 19.7 Å². The molecule has 1 spiro atoms. The first-order chi connectivity index (χ1) is 15.9. The van der Waals surface area contributed by atoms with Crippen molar-refractivity contribution in [1.82, 2.24) is 10.1 Å². The Bertz CT molecular complexity index is 877. The maximum atomic E-state index is 13.7. The third-order valence-electron chi connectivity index (χ3n) is 6.94. The molecule has 8 nitrogen and oxygen atoms in total. The predicted molar refractivity (Wildman–Crippen MR) is 123 cm³/mol. The number of aliphatic hydroxyl groups is 1. The molecule has 3 aliphatic heterocycles. The van der Waals surface area contributed by atoms with Crippen LogP contribution in [0.15, 0.2) is 17.9 Å². The molecule has 2 fully saturated rings. The highest BCUT2D eigenvalue weighted by Gasteiger charge is 2.55. The highest BCUT2D eigenvalue weighted by molar-refractivity contribution is 6.23. The number of benzene rings is 1. The summed E-state index contributed by atoms with van der Waals surface area (Å²) in [5.41, 5.74) is 3.27. The van der Waals surface area contributed by atoms with Gasteiger partial charge in [-0.2, -0.15) is 5.06 Å². The topological polar surface area (TPSA) is 80.7 Å². The molecular formula is C25H36N2O6. The Labute approximate surface area is 195 Å². The second-order valence-corrected chi connectivity index (χ2v) is 9.24. The third kappa shape index (κ3) is 4.68. The van der Waals surface area contributed by atoms with Crippen LogP contribution in [-0.2, 0) is 23.9 Å². The number of hydrogen-bond donors (Lipinski definition) is 1. The molecule has 0 saturated carbocycles. The van der Waals surface area contributed by atoms with E-state index in [0.29, 0.717) is 44.7 Å². The van der Waals surface area contributed by atoms with Crippen molar-refractivity contribution in [2.75, 3.05) is 40.0 Å². The monoisotopic (exact) mass is 460 g/mol. The van der Waals surface area contributed by atoms with Crippen LogP contribution in [0.2, 0.25) is 0 Å². The zero-order chi connectivity index (χ0) is 23.6. The minimum absolute atomic E-state index is 0.0924. The number of aliphatic hydroxyl groups excluding tert-OH is 1. The fraction of sp³-hybridized carbons (Fsp3) is 0.640. The molecular weight excluding hydrogens is 424 g/mol. The molecule has 182 valence electrons. The van der Waals surface area contributed by atoms with Gasteiger partial charge in [0.2, 0.25) is 0 Å². The zero-order valence-corrected chi connectivity index (χ0v) is 20.2. The van der Waals surface area contributed by atoms with Gasteiger partial charge in [-0.3, -0.25) is 9.63 Å². The maximum Gasteiger partial charge on any atom is 0.282 e. The molecule has 1 atom stereocenters. The molecule has 0 aromatic heterocycles. The molecule has 1 unspecified atom stereocenters. The van der Waals surface area contributed by atoms with E-state index in [1.165, 1.54) is 5.06 Å². The van der Waals surface area contributed by atoms with Crippen LogP contribution in [0.25, 0.3) is 5.57 Å². The Kier molecular flexibility index (Phi) is 7.40. The quantitative estimate of drug-likeness (QED) is 0.623. The van der Waals surface area contributed by atoms with Crippen LogP contribution in [0.3, 0.4) is 0 Å². The second-order valence-electron chi connectivity index (χ2n) is 9.24. The molecule has 1 amide bonds. The first-order valence-corrected chi connectivity index (χ1v) is 11.9. The summed E-state index contributed by atoms with van der Waals surface area (Å²) in [6.07, 6.45) is 3.83. The zero-order valence-electron chi connectivity index (χ0n) is 20.2. The molecule has 1 N–H and O–H groups in total. The summed E-state index contributed by atoms with van der Waals surface area (Å²) in [7, 11) is 1.64. The van der Waals surface area contributed by atoms with Crippen LogP contribution < -0.4 is 0 Å². The summed E-state index contributed by atoms with van der Waals surface area (Å²) in [4.78, 5) is 25.1. The summed E-state index contributed by atoms with van der Waals surface area (Å²) in [6.45, 7) is 8.38. The molecule has 0 radical (unpaired) electrons. The number of rotatable bonds is 7. The third-order valence-corrected chi connectivity index (χ3v) is 6.94. The lowest BCUT2D eigenvalue weighted by molar-refractivity contribution is -0.243. The van der Waals surface area contributed by atoms with Gasteiger partial charge >= 0.3 is 0 Å². The van der Waals surface area contributed by atoms with E-state index in [0.717, 1.165) is 41.5 Å². The van der Waals surface area contributed by atoms with E-state index in [2.05, 4.69) is 0 Å². The van der Waals surface area contributed by atoms with E-state index in [-0.39, 0.29) is 24.6 Å². The van der Waals surface area contributed by atoms with Gasteiger partial charge in [0.05, 0.1) is 25.9 Å². The summed E-state index contributed by atoms with van der Waals surface area (Å²) in [6, 6.07) is 4.08. The van der Waals surface area contributed by atoms with Gasteiger partial charge < -0.3 is 19.4 Å². The number of amides is 1. The Morgan fingerprint density at radius 1 is 1.12 bits per heavy atom. The lowest BCUT2D eigenvalue weighted by atomic mass is 9.85. The Morgan fingerprint density at radius 3 is 2.42 bits per heavy atom. The van der Waals surface area contributed by atoms with Crippen molar-refractivity contribution in [2.45, 2.75) is 64.7 Å². The Hall–Kier alpha value is -1.97. The average molecular weight is 461 g/mol. The molecule has 0 aliphatic carbocycles. The van der Waals surface area contributed by atoms with Gasteiger partial charge in [0.25, 0.3) is 5.91 Å². The molecule has 0 bridgehead atoms. The van der Waals surface area contributed by atoms with Crippen LogP contribution in [0.1, 0.15) is 54.4 Å². The highest BCUT2D eigenvalue weighted by Crippen LogP contribution is 2.46. The Morgan fingerprint density at radius 2 is 1.82 bits per heavy atom. The number of piperidine rings is 1. The molecule has 2 saturated heterocycles. The minimum atomic E-state index is -0.910. The molecule has 1 aromatic carbocycles. The van der Waals surface area contributed by atoms with E-state index in [1.54, 1.807) is 7.11 Å². The number of aryl methyl sites for hydroxylation is 3. The van der Waals surface area contributed by atoms with Gasteiger partial charge in [-0.1, -0.05) is 17.7 Å². The molecule has 4 rings (SSSR count). The number of hydroxylamine groups is 4. The average Bonchev–Trinajstić information content (AvgIpc) is 2.99. The smallest absolute Gasteiger partial charge is 0.282 e. The molecule has 3 aliphatic rings. The van der Waals surface area contributed by atoms with Crippen molar-refractivity contribution < 1.29 is 29.0 Å². The van der Waals surface area contributed by atoms with Crippen molar-refractivity contribution in [3.05, 3.63) is 40.1 Å². The highest BCUT2D eigenvalue weighted by atomic mass is 16.7. The number of hydrogen-bond acceptors (Lipinski definition) is 7. The number of ether oxygens (including phenoxy) is 2. The van der Waals surface area contributed by atoms with Crippen LogP contribution in [0.4, 0.5) is 0 Å².